The first-order chi connectivity index (χ1) is 7.68. The van der Waals surface area contributed by atoms with Crippen LogP contribution in [0.15, 0.2) is 30.3 Å². The second-order valence-corrected chi connectivity index (χ2v) is 3.41. The average Bonchev–Trinajstić information content (AvgIpc) is 2.61. The predicted octanol–water partition coefficient (Wildman–Crippen LogP) is -3.22. The van der Waals surface area contributed by atoms with Crippen molar-refractivity contribution < 1.29 is 39.5 Å². The quantitative estimate of drug-likeness (QED) is 0.528. The first-order valence-electron chi connectivity index (χ1n) is 4.82. The molecule has 82 valence electrons. The van der Waals surface area contributed by atoms with Crippen molar-refractivity contribution in [3.05, 3.63) is 36.2 Å². The van der Waals surface area contributed by atoms with Crippen LogP contribution in [-0.2, 0) is 18.3 Å². The zero-order valence-corrected chi connectivity index (χ0v) is 11.8. The van der Waals surface area contributed by atoms with E-state index in [4.69, 9.17) is 0 Å². The van der Waals surface area contributed by atoms with Gasteiger partial charge in [-0.2, -0.15) is 0 Å². The number of aromatic nitrogens is 3. The smallest absolute Gasteiger partial charge is 0.550 e. The van der Waals surface area contributed by atoms with Crippen LogP contribution in [0.3, 0.4) is 0 Å². The summed E-state index contributed by atoms with van der Waals surface area (Å²) in [5, 5.41) is 18.3. The Morgan fingerprint density at radius 2 is 1.94 bits per heavy atom. The Kier molecular flexibility index (Phi) is 4.86. The maximum absolute atomic E-state index is 10.5. The van der Waals surface area contributed by atoms with Gasteiger partial charge >= 0.3 is 29.6 Å². The third-order valence-electron chi connectivity index (χ3n) is 2.30. The van der Waals surface area contributed by atoms with Gasteiger partial charge < -0.3 is 14.5 Å². The molecule has 6 heteroatoms. The fourth-order valence-corrected chi connectivity index (χ4v) is 1.48. The number of carboxylic acid groups (broad SMARTS) is 1. The number of hydrogen-bond donors (Lipinski definition) is 0. The van der Waals surface area contributed by atoms with Crippen molar-refractivity contribution in [3.63, 3.8) is 0 Å². The third-order valence-corrected chi connectivity index (χ3v) is 2.30. The Bertz CT molecular complexity index is 511. The molecule has 0 saturated carbocycles. The average molecular weight is 239 g/mol. The second kappa shape index (κ2) is 5.95. The number of carbonyl (C=O) groups excluding carboxylic acids is 1. The van der Waals surface area contributed by atoms with Gasteiger partial charge in [-0.1, -0.05) is 30.3 Å². The maximum atomic E-state index is 10.5. The van der Waals surface area contributed by atoms with Gasteiger partial charge in [-0.25, -0.2) is 0 Å². The van der Waals surface area contributed by atoms with Crippen LogP contribution in [0.2, 0.25) is 0 Å². The largest absolute Gasteiger partial charge is 1.00 e. The van der Waals surface area contributed by atoms with E-state index in [1.54, 1.807) is 11.6 Å². The normalized spacial score (nSPS) is 9.71. The summed E-state index contributed by atoms with van der Waals surface area (Å²) in [5.41, 5.74) is 0.905. The number of rotatable bonds is 3. The van der Waals surface area contributed by atoms with E-state index in [0.29, 0.717) is 11.6 Å². The molecular formula is C11H10N3NaO2. The van der Waals surface area contributed by atoms with Crippen LogP contribution in [0.4, 0.5) is 0 Å². The van der Waals surface area contributed by atoms with E-state index in [1.165, 1.54) is 0 Å². The van der Waals surface area contributed by atoms with Gasteiger partial charge in [0.05, 0.1) is 0 Å². The van der Waals surface area contributed by atoms with Crippen molar-refractivity contribution >= 4 is 5.97 Å². The molecule has 2 aromatic rings. The summed E-state index contributed by atoms with van der Waals surface area (Å²) in [7, 11) is 1.74. The molecule has 0 aliphatic heterocycles. The minimum absolute atomic E-state index is 0. The fourth-order valence-electron chi connectivity index (χ4n) is 1.48. The summed E-state index contributed by atoms with van der Waals surface area (Å²) in [6.07, 6.45) is -0.226. The number of nitrogens with zero attached hydrogens (tertiary/aromatic N) is 3. The third kappa shape index (κ3) is 3.15. The molecule has 0 spiro atoms. The minimum atomic E-state index is -1.16. The molecule has 1 aromatic carbocycles. The van der Waals surface area contributed by atoms with Gasteiger partial charge in [0.1, 0.15) is 5.82 Å². The molecular weight excluding hydrogens is 229 g/mol. The molecule has 0 bridgehead atoms. The first-order valence-corrected chi connectivity index (χ1v) is 4.82. The summed E-state index contributed by atoms with van der Waals surface area (Å²) in [6, 6.07) is 9.48. The number of hydrogen-bond acceptors (Lipinski definition) is 4. The molecule has 0 unspecified atom stereocenters. The van der Waals surface area contributed by atoms with Crippen LogP contribution in [0.5, 0.6) is 0 Å². The summed E-state index contributed by atoms with van der Waals surface area (Å²) < 4.78 is 1.66. The fraction of sp³-hybridized carbons (Fsp3) is 0.182. The van der Waals surface area contributed by atoms with Crippen molar-refractivity contribution in [2.45, 2.75) is 6.42 Å². The Morgan fingerprint density at radius 1 is 1.29 bits per heavy atom. The Balaban J connectivity index is 0.00000144. The molecule has 0 saturated heterocycles. The minimum Gasteiger partial charge on any atom is -0.550 e. The van der Waals surface area contributed by atoms with Crippen LogP contribution in [0.25, 0.3) is 11.4 Å². The van der Waals surface area contributed by atoms with Crippen molar-refractivity contribution in [3.8, 4) is 11.4 Å². The second-order valence-electron chi connectivity index (χ2n) is 3.41. The molecule has 0 aliphatic rings. The molecule has 0 fully saturated rings. The van der Waals surface area contributed by atoms with E-state index in [0.717, 1.165) is 5.56 Å². The molecule has 0 amide bonds. The Morgan fingerprint density at radius 3 is 2.53 bits per heavy atom. The van der Waals surface area contributed by atoms with Gasteiger partial charge in [-0.15, -0.1) is 10.2 Å². The molecule has 1 aromatic heterocycles. The van der Waals surface area contributed by atoms with Crippen molar-refractivity contribution in [2.75, 3.05) is 0 Å². The van der Waals surface area contributed by atoms with Crippen LogP contribution < -0.4 is 34.7 Å². The topological polar surface area (TPSA) is 70.8 Å². The van der Waals surface area contributed by atoms with E-state index in [9.17, 15) is 9.90 Å². The van der Waals surface area contributed by atoms with Crippen molar-refractivity contribution in [1.82, 2.24) is 14.8 Å². The number of aliphatic carboxylic acids is 1. The van der Waals surface area contributed by atoms with E-state index >= 15 is 0 Å². The van der Waals surface area contributed by atoms with Crippen LogP contribution in [0.1, 0.15) is 5.82 Å². The number of carbonyl (C=O) groups is 1. The zero-order valence-electron chi connectivity index (χ0n) is 9.75. The predicted molar refractivity (Wildman–Crippen MR) is 55.2 cm³/mol. The van der Waals surface area contributed by atoms with Gasteiger partial charge in [0.2, 0.25) is 0 Å². The van der Waals surface area contributed by atoms with Crippen LogP contribution in [-0.4, -0.2) is 20.7 Å². The maximum Gasteiger partial charge on any atom is 1.00 e. The molecule has 0 aliphatic carbocycles. The Hall–Kier alpha value is -1.17. The van der Waals surface area contributed by atoms with Crippen LogP contribution >= 0.6 is 0 Å². The number of carboxylic acids is 1. The van der Waals surface area contributed by atoms with E-state index in [2.05, 4.69) is 10.2 Å². The van der Waals surface area contributed by atoms with Gasteiger partial charge in [0, 0.05) is 25.0 Å². The summed E-state index contributed by atoms with van der Waals surface area (Å²) in [4.78, 5) is 10.5. The van der Waals surface area contributed by atoms with Gasteiger partial charge in [-0.3, -0.25) is 0 Å². The van der Waals surface area contributed by atoms with Gasteiger partial charge in [-0.05, 0) is 0 Å². The van der Waals surface area contributed by atoms with Gasteiger partial charge in [0.25, 0.3) is 0 Å². The van der Waals surface area contributed by atoms with E-state index in [-0.39, 0.29) is 36.0 Å². The molecule has 1 heterocycles. The summed E-state index contributed by atoms with van der Waals surface area (Å²) in [6.45, 7) is 0. The SMILES string of the molecule is Cn1c(CC(=O)[O-])nnc1-c1ccccc1.[Na+]. The standard InChI is InChI=1S/C11H11N3O2.Na/c1-14-9(7-10(15)16)12-13-11(14)8-5-3-2-4-6-8;/h2-6H,7H2,1H3,(H,15,16);/q;+1/p-1. The summed E-state index contributed by atoms with van der Waals surface area (Å²) >= 11 is 0. The number of benzene rings is 1. The monoisotopic (exact) mass is 239 g/mol. The first kappa shape index (κ1) is 13.9. The van der Waals surface area contributed by atoms with E-state index in [1.807, 2.05) is 30.3 Å². The summed E-state index contributed by atoms with van der Waals surface area (Å²) in [5.74, 6) is -0.120. The molecule has 0 radical (unpaired) electrons. The molecule has 2 rings (SSSR count). The zero-order chi connectivity index (χ0) is 11.5. The molecule has 17 heavy (non-hydrogen) atoms. The molecule has 0 N–H and O–H groups in total. The van der Waals surface area contributed by atoms with E-state index < -0.39 is 5.97 Å². The van der Waals surface area contributed by atoms with Crippen LogP contribution in [0, 0.1) is 0 Å². The molecule has 0 atom stereocenters. The van der Waals surface area contributed by atoms with Crippen molar-refractivity contribution in [2.24, 2.45) is 7.05 Å². The van der Waals surface area contributed by atoms with Crippen molar-refractivity contribution in [1.29, 1.82) is 0 Å². The van der Waals surface area contributed by atoms with Gasteiger partial charge in [0.15, 0.2) is 5.82 Å². The Labute approximate surface area is 121 Å². The molecule has 5 nitrogen and oxygen atoms in total.